The Labute approximate surface area is 95.0 Å². The number of nitrogens with zero attached hydrogens (tertiary/aromatic N) is 4. The smallest absolute Gasteiger partial charge is 0.271 e. The molecule has 2 heterocycles. The van der Waals surface area contributed by atoms with E-state index in [-0.39, 0.29) is 22.4 Å². The topological polar surface area (TPSA) is 113 Å². The van der Waals surface area contributed by atoms with E-state index in [0.717, 1.165) is 0 Å². The standard InChI is InChI=1S/C8H7ClN6O/c9-4-3-15(14-6(4)10)8-5(7(11)16)12-1-2-13-8/h1-3H,(H2,10,14)(H2,11,16). The first-order chi connectivity index (χ1) is 7.59. The minimum absolute atomic E-state index is 0.00154. The molecule has 0 aromatic carbocycles. The molecule has 0 aliphatic heterocycles. The van der Waals surface area contributed by atoms with Gasteiger partial charge in [0.15, 0.2) is 17.3 Å². The highest BCUT2D eigenvalue weighted by Gasteiger charge is 2.14. The number of carbonyl (C=O) groups excluding carboxylic acids is 1. The van der Waals surface area contributed by atoms with Gasteiger partial charge in [-0.3, -0.25) is 4.79 Å². The molecular formula is C8H7ClN6O. The van der Waals surface area contributed by atoms with Crippen LogP contribution >= 0.6 is 11.6 Å². The van der Waals surface area contributed by atoms with Crippen molar-refractivity contribution < 1.29 is 4.79 Å². The number of halogens is 1. The van der Waals surface area contributed by atoms with Crippen LogP contribution in [0.15, 0.2) is 18.6 Å². The Kier molecular flexibility index (Phi) is 2.45. The van der Waals surface area contributed by atoms with Gasteiger partial charge >= 0.3 is 0 Å². The van der Waals surface area contributed by atoms with Crippen molar-refractivity contribution in [2.24, 2.45) is 5.73 Å². The number of aromatic nitrogens is 4. The number of rotatable bonds is 2. The second-order valence-corrected chi connectivity index (χ2v) is 3.31. The summed E-state index contributed by atoms with van der Waals surface area (Å²) in [4.78, 5) is 18.9. The summed E-state index contributed by atoms with van der Waals surface area (Å²) >= 11 is 5.74. The maximum absolute atomic E-state index is 11.1. The summed E-state index contributed by atoms with van der Waals surface area (Å²) in [6.07, 6.45) is 4.19. The molecule has 4 N–H and O–H groups in total. The predicted molar refractivity (Wildman–Crippen MR) is 57.1 cm³/mol. The van der Waals surface area contributed by atoms with Gasteiger partial charge in [0.1, 0.15) is 5.02 Å². The molecule has 82 valence electrons. The third kappa shape index (κ3) is 1.68. The molecule has 0 aliphatic carbocycles. The van der Waals surface area contributed by atoms with E-state index in [1.54, 1.807) is 0 Å². The monoisotopic (exact) mass is 238 g/mol. The molecule has 2 rings (SSSR count). The number of anilines is 1. The van der Waals surface area contributed by atoms with Crippen molar-refractivity contribution in [3.63, 3.8) is 0 Å². The van der Waals surface area contributed by atoms with Crippen molar-refractivity contribution in [1.82, 2.24) is 19.7 Å². The van der Waals surface area contributed by atoms with E-state index < -0.39 is 5.91 Å². The zero-order chi connectivity index (χ0) is 11.7. The van der Waals surface area contributed by atoms with Gasteiger partial charge in [0.05, 0.1) is 6.20 Å². The maximum Gasteiger partial charge on any atom is 0.271 e. The Morgan fingerprint density at radius 1 is 1.38 bits per heavy atom. The number of nitrogens with two attached hydrogens (primary N) is 2. The molecule has 7 nitrogen and oxygen atoms in total. The summed E-state index contributed by atoms with van der Waals surface area (Å²) in [5, 5.41) is 4.14. The average Bonchev–Trinajstić information content (AvgIpc) is 2.59. The number of carbonyl (C=O) groups is 1. The first-order valence-corrected chi connectivity index (χ1v) is 4.59. The highest BCUT2D eigenvalue weighted by Crippen LogP contribution is 2.18. The van der Waals surface area contributed by atoms with Crippen LogP contribution in [0.25, 0.3) is 5.82 Å². The van der Waals surface area contributed by atoms with E-state index in [2.05, 4.69) is 15.1 Å². The normalized spacial score (nSPS) is 10.3. The van der Waals surface area contributed by atoms with E-state index in [1.165, 1.54) is 23.3 Å². The second-order valence-electron chi connectivity index (χ2n) is 2.90. The minimum atomic E-state index is -0.701. The van der Waals surface area contributed by atoms with E-state index in [0.29, 0.717) is 0 Å². The van der Waals surface area contributed by atoms with Crippen molar-refractivity contribution in [3.8, 4) is 5.82 Å². The molecule has 0 saturated carbocycles. The lowest BCUT2D eigenvalue weighted by molar-refractivity contribution is 0.0995. The third-order valence-corrected chi connectivity index (χ3v) is 2.12. The highest BCUT2D eigenvalue weighted by molar-refractivity contribution is 6.32. The maximum atomic E-state index is 11.1. The first-order valence-electron chi connectivity index (χ1n) is 4.21. The molecule has 0 fully saturated rings. The second kappa shape index (κ2) is 3.78. The molecule has 0 radical (unpaired) electrons. The van der Waals surface area contributed by atoms with Crippen LogP contribution in [-0.4, -0.2) is 25.7 Å². The van der Waals surface area contributed by atoms with E-state index in [1.807, 2.05) is 0 Å². The number of nitrogen functional groups attached to an aromatic ring is 1. The Bertz CT molecular complexity index is 532. The molecule has 0 bridgehead atoms. The molecule has 2 aromatic rings. The number of primary amides is 1. The van der Waals surface area contributed by atoms with Crippen molar-refractivity contribution >= 4 is 23.3 Å². The predicted octanol–water partition coefficient (Wildman–Crippen LogP) is -0.00320. The lowest BCUT2D eigenvalue weighted by atomic mass is 10.4. The third-order valence-electron chi connectivity index (χ3n) is 1.83. The largest absolute Gasteiger partial charge is 0.381 e. The van der Waals surface area contributed by atoms with E-state index in [4.69, 9.17) is 23.1 Å². The van der Waals surface area contributed by atoms with Gasteiger partial charge < -0.3 is 11.5 Å². The van der Waals surface area contributed by atoms with Crippen LogP contribution in [0.2, 0.25) is 5.02 Å². The lowest BCUT2D eigenvalue weighted by Crippen LogP contribution is -2.18. The van der Waals surface area contributed by atoms with Crippen LogP contribution in [-0.2, 0) is 0 Å². The Morgan fingerprint density at radius 2 is 2.06 bits per heavy atom. The fourth-order valence-electron chi connectivity index (χ4n) is 1.15. The van der Waals surface area contributed by atoms with Crippen molar-refractivity contribution in [1.29, 1.82) is 0 Å². The number of hydrogen-bond donors (Lipinski definition) is 2. The molecule has 2 aromatic heterocycles. The molecule has 16 heavy (non-hydrogen) atoms. The van der Waals surface area contributed by atoms with Gasteiger partial charge in [0.2, 0.25) is 0 Å². The van der Waals surface area contributed by atoms with Crippen LogP contribution in [0.1, 0.15) is 10.5 Å². The quantitative estimate of drug-likeness (QED) is 0.764. The fraction of sp³-hybridized carbons (Fsp3) is 0. The number of hydrogen-bond acceptors (Lipinski definition) is 5. The van der Waals surface area contributed by atoms with E-state index >= 15 is 0 Å². The van der Waals surface area contributed by atoms with Gasteiger partial charge in [-0.1, -0.05) is 11.6 Å². The van der Waals surface area contributed by atoms with Crippen molar-refractivity contribution in [2.45, 2.75) is 0 Å². The number of amides is 1. The minimum Gasteiger partial charge on any atom is -0.381 e. The lowest BCUT2D eigenvalue weighted by Gasteiger charge is -2.02. The van der Waals surface area contributed by atoms with E-state index in [9.17, 15) is 4.79 Å². The van der Waals surface area contributed by atoms with Crippen molar-refractivity contribution in [2.75, 3.05) is 5.73 Å². The summed E-state index contributed by atoms with van der Waals surface area (Å²) in [7, 11) is 0. The van der Waals surface area contributed by atoms with Crippen LogP contribution in [0.5, 0.6) is 0 Å². The highest BCUT2D eigenvalue weighted by atomic mass is 35.5. The average molecular weight is 239 g/mol. The molecule has 1 amide bonds. The Hall–Kier alpha value is -2.15. The van der Waals surface area contributed by atoms with Gasteiger partial charge in [0.25, 0.3) is 5.91 Å². The van der Waals surface area contributed by atoms with Crippen molar-refractivity contribution in [3.05, 3.63) is 29.3 Å². The van der Waals surface area contributed by atoms with Crippen LogP contribution < -0.4 is 11.5 Å². The zero-order valence-electron chi connectivity index (χ0n) is 7.96. The SMILES string of the molecule is NC(=O)c1nccnc1-n1cc(Cl)c(N)n1. The summed E-state index contributed by atoms with van der Waals surface area (Å²) < 4.78 is 1.25. The molecule has 0 spiro atoms. The molecule has 0 atom stereocenters. The molecule has 0 aliphatic rings. The van der Waals surface area contributed by atoms with Gasteiger partial charge in [-0.15, -0.1) is 5.10 Å². The summed E-state index contributed by atoms with van der Waals surface area (Å²) in [6.45, 7) is 0. The Morgan fingerprint density at radius 3 is 2.62 bits per heavy atom. The van der Waals surface area contributed by atoms with Crippen LogP contribution in [0.3, 0.4) is 0 Å². The Balaban J connectivity index is 2.59. The van der Waals surface area contributed by atoms with Gasteiger partial charge in [0, 0.05) is 12.4 Å². The summed E-state index contributed by atoms with van der Waals surface area (Å²) in [5.74, 6) is -0.371. The zero-order valence-corrected chi connectivity index (χ0v) is 8.72. The molecule has 0 unspecified atom stereocenters. The van der Waals surface area contributed by atoms with Crippen LogP contribution in [0, 0.1) is 0 Å². The summed E-state index contributed by atoms with van der Waals surface area (Å²) in [5.41, 5.74) is 10.6. The summed E-state index contributed by atoms with van der Waals surface area (Å²) in [6, 6.07) is 0. The fourth-order valence-corrected chi connectivity index (χ4v) is 1.28. The molecule has 0 saturated heterocycles. The van der Waals surface area contributed by atoms with Crippen LogP contribution in [0.4, 0.5) is 5.82 Å². The molecule has 8 heteroatoms. The van der Waals surface area contributed by atoms with Gasteiger partial charge in [-0.05, 0) is 0 Å². The molecular weight excluding hydrogens is 232 g/mol. The first kappa shape index (κ1) is 10.4. The van der Waals surface area contributed by atoms with Gasteiger partial charge in [-0.2, -0.15) is 0 Å². The van der Waals surface area contributed by atoms with Gasteiger partial charge in [-0.25, -0.2) is 14.6 Å².